The van der Waals surface area contributed by atoms with Crippen LogP contribution in [-0.2, 0) is 21.3 Å². The smallest absolute Gasteiger partial charge is 0.335 e. The first kappa shape index (κ1) is 16.9. The number of ether oxygens (including phenoxy) is 1. The zero-order chi connectivity index (χ0) is 16.0. The Bertz CT molecular complexity index is 591. The summed E-state index contributed by atoms with van der Waals surface area (Å²) in [7, 11) is -3.31. The molecule has 0 saturated carbocycles. The van der Waals surface area contributed by atoms with Crippen molar-refractivity contribution in [3.05, 3.63) is 35.4 Å². The van der Waals surface area contributed by atoms with Crippen LogP contribution in [0.25, 0.3) is 0 Å². The lowest BCUT2D eigenvalue weighted by atomic mass is 9.98. The number of benzene rings is 1. The van der Waals surface area contributed by atoms with Crippen molar-refractivity contribution in [2.24, 2.45) is 5.92 Å². The third-order valence-corrected chi connectivity index (χ3v) is 5.19. The lowest BCUT2D eigenvalue weighted by Crippen LogP contribution is -2.28. The minimum atomic E-state index is -3.31. The second-order valence-electron chi connectivity index (χ2n) is 5.49. The fourth-order valence-electron chi connectivity index (χ4n) is 2.39. The lowest BCUT2D eigenvalue weighted by molar-refractivity contribution is 0.0655. The molecule has 0 amide bonds. The number of carboxylic acids is 1. The first-order chi connectivity index (χ1) is 10.5. The molecule has 22 heavy (non-hydrogen) atoms. The van der Waals surface area contributed by atoms with Gasteiger partial charge in [0.25, 0.3) is 0 Å². The Morgan fingerprint density at radius 3 is 2.45 bits per heavy atom. The van der Waals surface area contributed by atoms with Gasteiger partial charge in [-0.3, -0.25) is 0 Å². The Morgan fingerprint density at radius 2 is 1.86 bits per heavy atom. The molecule has 0 bridgehead atoms. The van der Waals surface area contributed by atoms with Gasteiger partial charge < -0.3 is 9.84 Å². The van der Waals surface area contributed by atoms with E-state index in [2.05, 4.69) is 4.72 Å². The van der Waals surface area contributed by atoms with Gasteiger partial charge >= 0.3 is 5.97 Å². The van der Waals surface area contributed by atoms with Crippen LogP contribution < -0.4 is 4.72 Å². The Hall–Kier alpha value is -1.44. The molecule has 1 aromatic rings. The normalized spacial score (nSPS) is 16.5. The maximum Gasteiger partial charge on any atom is 0.335 e. The van der Waals surface area contributed by atoms with Gasteiger partial charge in [-0.1, -0.05) is 12.1 Å². The van der Waals surface area contributed by atoms with E-state index < -0.39 is 16.0 Å². The van der Waals surface area contributed by atoms with Crippen LogP contribution in [-0.4, -0.2) is 38.5 Å². The molecule has 1 aliphatic rings. The summed E-state index contributed by atoms with van der Waals surface area (Å²) >= 11 is 0. The van der Waals surface area contributed by atoms with Crippen molar-refractivity contribution >= 4 is 16.0 Å². The third kappa shape index (κ3) is 5.40. The zero-order valence-electron chi connectivity index (χ0n) is 12.3. The predicted octanol–water partition coefficient (Wildman–Crippen LogP) is 1.62. The number of sulfonamides is 1. The average molecular weight is 327 g/mol. The Morgan fingerprint density at radius 1 is 1.23 bits per heavy atom. The summed E-state index contributed by atoms with van der Waals surface area (Å²) in [6, 6.07) is 6.16. The van der Waals surface area contributed by atoms with E-state index >= 15 is 0 Å². The summed E-state index contributed by atoms with van der Waals surface area (Å²) in [6.45, 7) is 1.61. The molecule has 1 saturated heterocycles. The standard InChI is InChI=1S/C15H21NO5S/c17-15(18)14-3-1-13(2-4-14)11-16-22(19,20)10-7-12-5-8-21-9-6-12/h1-4,12,16H,5-11H2,(H,17,18). The van der Waals surface area contributed by atoms with E-state index in [0.717, 1.165) is 18.4 Å². The number of carboxylic acid groups (broad SMARTS) is 1. The molecule has 1 fully saturated rings. The van der Waals surface area contributed by atoms with E-state index in [4.69, 9.17) is 9.84 Å². The molecule has 7 heteroatoms. The van der Waals surface area contributed by atoms with E-state index in [0.29, 0.717) is 25.6 Å². The monoisotopic (exact) mass is 327 g/mol. The topological polar surface area (TPSA) is 92.7 Å². The van der Waals surface area contributed by atoms with Gasteiger partial charge in [-0.25, -0.2) is 17.9 Å². The van der Waals surface area contributed by atoms with E-state index in [1.807, 2.05) is 0 Å². The molecule has 0 spiro atoms. The van der Waals surface area contributed by atoms with Crippen LogP contribution in [0.3, 0.4) is 0 Å². The number of rotatable bonds is 7. The second kappa shape index (κ2) is 7.71. The quantitative estimate of drug-likeness (QED) is 0.794. The summed E-state index contributed by atoms with van der Waals surface area (Å²) in [5.41, 5.74) is 0.922. The minimum absolute atomic E-state index is 0.116. The van der Waals surface area contributed by atoms with Crippen LogP contribution in [0, 0.1) is 5.92 Å². The average Bonchev–Trinajstić information content (AvgIpc) is 2.53. The molecular weight excluding hydrogens is 306 g/mol. The van der Waals surface area contributed by atoms with E-state index in [-0.39, 0.29) is 17.9 Å². The Kier molecular flexibility index (Phi) is 5.93. The van der Waals surface area contributed by atoms with Crippen LogP contribution in [0.2, 0.25) is 0 Å². The minimum Gasteiger partial charge on any atom is -0.478 e. The van der Waals surface area contributed by atoms with Crippen molar-refractivity contribution in [3.8, 4) is 0 Å². The third-order valence-electron chi connectivity index (χ3n) is 3.83. The van der Waals surface area contributed by atoms with Gasteiger partial charge in [0.1, 0.15) is 0 Å². The molecule has 1 heterocycles. The van der Waals surface area contributed by atoms with Gasteiger partial charge in [0, 0.05) is 19.8 Å². The predicted molar refractivity (Wildman–Crippen MR) is 82.2 cm³/mol. The van der Waals surface area contributed by atoms with Crippen LogP contribution in [0.4, 0.5) is 0 Å². The van der Waals surface area contributed by atoms with Gasteiger partial charge in [0.2, 0.25) is 10.0 Å². The molecule has 0 aliphatic carbocycles. The molecule has 6 nitrogen and oxygen atoms in total. The second-order valence-corrected chi connectivity index (χ2v) is 7.41. The fraction of sp³-hybridized carbons (Fsp3) is 0.533. The fourth-order valence-corrected chi connectivity index (χ4v) is 3.56. The summed E-state index contributed by atoms with van der Waals surface area (Å²) in [4.78, 5) is 10.7. The van der Waals surface area contributed by atoms with Crippen molar-refractivity contribution < 1.29 is 23.1 Å². The van der Waals surface area contributed by atoms with Gasteiger partial charge in [-0.15, -0.1) is 0 Å². The summed E-state index contributed by atoms with van der Waals surface area (Å²) < 4.78 is 31.8. The summed E-state index contributed by atoms with van der Waals surface area (Å²) in [6.07, 6.45) is 2.50. The Balaban J connectivity index is 1.79. The number of hydrogen-bond acceptors (Lipinski definition) is 4. The Labute approximate surface area is 130 Å². The van der Waals surface area contributed by atoms with E-state index in [9.17, 15) is 13.2 Å². The first-order valence-electron chi connectivity index (χ1n) is 7.33. The number of nitrogens with one attached hydrogen (secondary N) is 1. The van der Waals surface area contributed by atoms with Crippen molar-refractivity contribution in [1.29, 1.82) is 0 Å². The van der Waals surface area contributed by atoms with Crippen LogP contribution in [0.5, 0.6) is 0 Å². The first-order valence-corrected chi connectivity index (χ1v) is 8.99. The molecule has 2 N–H and O–H groups in total. The molecular formula is C15H21NO5S. The van der Waals surface area contributed by atoms with Gasteiger partial charge in [-0.2, -0.15) is 0 Å². The zero-order valence-corrected chi connectivity index (χ0v) is 13.1. The highest BCUT2D eigenvalue weighted by Crippen LogP contribution is 2.18. The van der Waals surface area contributed by atoms with Crippen molar-refractivity contribution in [2.75, 3.05) is 19.0 Å². The molecule has 122 valence electrons. The van der Waals surface area contributed by atoms with Gasteiger partial charge in [-0.05, 0) is 42.9 Å². The molecule has 0 aromatic heterocycles. The summed E-state index contributed by atoms with van der Waals surface area (Å²) in [5, 5.41) is 8.81. The lowest BCUT2D eigenvalue weighted by Gasteiger charge is -2.21. The van der Waals surface area contributed by atoms with E-state index in [1.165, 1.54) is 12.1 Å². The highest BCUT2D eigenvalue weighted by atomic mass is 32.2. The van der Waals surface area contributed by atoms with Crippen molar-refractivity contribution in [3.63, 3.8) is 0 Å². The molecule has 1 aromatic carbocycles. The molecule has 0 unspecified atom stereocenters. The molecule has 0 atom stereocenters. The van der Waals surface area contributed by atoms with Crippen LogP contribution in [0.1, 0.15) is 35.2 Å². The van der Waals surface area contributed by atoms with Crippen LogP contribution >= 0.6 is 0 Å². The van der Waals surface area contributed by atoms with Gasteiger partial charge in [0.15, 0.2) is 0 Å². The molecule has 1 aliphatic heterocycles. The maximum absolute atomic E-state index is 12.0. The van der Waals surface area contributed by atoms with Crippen molar-refractivity contribution in [1.82, 2.24) is 4.72 Å². The maximum atomic E-state index is 12.0. The number of hydrogen-bond donors (Lipinski definition) is 2. The van der Waals surface area contributed by atoms with Crippen molar-refractivity contribution in [2.45, 2.75) is 25.8 Å². The van der Waals surface area contributed by atoms with Gasteiger partial charge in [0.05, 0.1) is 11.3 Å². The van der Waals surface area contributed by atoms with Crippen LogP contribution in [0.15, 0.2) is 24.3 Å². The highest BCUT2D eigenvalue weighted by Gasteiger charge is 2.18. The largest absolute Gasteiger partial charge is 0.478 e. The number of carbonyl (C=O) groups is 1. The SMILES string of the molecule is O=C(O)c1ccc(CNS(=O)(=O)CCC2CCOCC2)cc1. The summed E-state index contributed by atoms with van der Waals surface area (Å²) in [5.74, 6) is -0.464. The highest BCUT2D eigenvalue weighted by molar-refractivity contribution is 7.89. The molecule has 2 rings (SSSR count). The van der Waals surface area contributed by atoms with E-state index in [1.54, 1.807) is 12.1 Å². The molecule has 0 radical (unpaired) electrons. The number of aromatic carboxylic acids is 1.